The number of hydrogen-bond donors (Lipinski definition) is 3. The highest BCUT2D eigenvalue weighted by Gasteiger charge is 2.23. The van der Waals surface area contributed by atoms with Crippen molar-refractivity contribution in [3.8, 4) is 0 Å². The fourth-order valence-electron chi connectivity index (χ4n) is 1.40. The quantitative estimate of drug-likeness (QED) is 0.680. The van der Waals surface area contributed by atoms with Gasteiger partial charge in [-0.2, -0.15) is 0 Å². The van der Waals surface area contributed by atoms with Crippen LogP contribution in [-0.4, -0.2) is 36.9 Å². The van der Waals surface area contributed by atoms with Crippen LogP contribution in [0.4, 0.5) is 0 Å². The minimum absolute atomic E-state index is 0.161. The van der Waals surface area contributed by atoms with Crippen LogP contribution in [0, 0.1) is 0 Å². The molecule has 1 heterocycles. The maximum atomic E-state index is 11.8. The van der Waals surface area contributed by atoms with Crippen LogP contribution < -0.4 is 11.1 Å². The van der Waals surface area contributed by atoms with Crippen molar-refractivity contribution < 1.29 is 14.6 Å². The summed E-state index contributed by atoms with van der Waals surface area (Å²) in [6.45, 7) is 2.26. The van der Waals surface area contributed by atoms with Crippen LogP contribution in [0.3, 0.4) is 0 Å². The van der Waals surface area contributed by atoms with Crippen LogP contribution in [0.2, 0.25) is 0 Å². The molecule has 2 unspecified atom stereocenters. The molecule has 1 aromatic rings. The maximum Gasteiger partial charge on any atom is 0.242 e. The highest BCUT2D eigenvalue weighted by molar-refractivity contribution is 7.10. The smallest absolute Gasteiger partial charge is 0.242 e. The van der Waals surface area contributed by atoms with E-state index >= 15 is 0 Å². The predicted molar refractivity (Wildman–Crippen MR) is 71.4 cm³/mol. The number of carbonyl (C=O) groups excluding carboxylic acids is 1. The lowest BCUT2D eigenvalue weighted by molar-refractivity contribution is -0.123. The van der Waals surface area contributed by atoms with Gasteiger partial charge in [0.05, 0.1) is 5.60 Å². The zero-order valence-corrected chi connectivity index (χ0v) is 11.5. The first-order valence-corrected chi connectivity index (χ1v) is 6.62. The Morgan fingerprint density at radius 2 is 2.44 bits per heavy atom. The Labute approximate surface area is 111 Å². The van der Waals surface area contributed by atoms with Crippen LogP contribution >= 0.6 is 11.3 Å². The second-order valence-corrected chi connectivity index (χ2v) is 5.43. The van der Waals surface area contributed by atoms with Gasteiger partial charge in [-0.3, -0.25) is 4.79 Å². The zero-order valence-electron chi connectivity index (χ0n) is 10.7. The van der Waals surface area contributed by atoms with Gasteiger partial charge in [0.2, 0.25) is 5.91 Å². The molecule has 6 heteroatoms. The van der Waals surface area contributed by atoms with Gasteiger partial charge in [0.15, 0.2) is 0 Å². The van der Waals surface area contributed by atoms with E-state index in [-0.39, 0.29) is 12.5 Å². The molecular formula is C12H20N2O3S. The number of thiophene rings is 1. The van der Waals surface area contributed by atoms with Gasteiger partial charge >= 0.3 is 0 Å². The van der Waals surface area contributed by atoms with Crippen LogP contribution in [-0.2, 0) is 9.53 Å². The third kappa shape index (κ3) is 4.73. The molecule has 18 heavy (non-hydrogen) atoms. The van der Waals surface area contributed by atoms with Crippen molar-refractivity contribution in [2.75, 3.05) is 20.3 Å². The minimum atomic E-state index is -0.985. The monoisotopic (exact) mass is 272 g/mol. The lowest BCUT2D eigenvalue weighted by Crippen LogP contribution is -2.44. The molecule has 1 aromatic heterocycles. The van der Waals surface area contributed by atoms with Gasteiger partial charge in [-0.15, -0.1) is 11.3 Å². The normalized spacial score (nSPS) is 16.0. The molecule has 0 saturated carbocycles. The minimum Gasteiger partial charge on any atom is -0.388 e. The van der Waals surface area contributed by atoms with E-state index in [1.54, 1.807) is 14.0 Å². The largest absolute Gasteiger partial charge is 0.388 e. The summed E-state index contributed by atoms with van der Waals surface area (Å²) in [5.74, 6) is -0.282. The Kier molecular flexibility index (Phi) is 5.74. The SMILES string of the molecule is COCCC(C)(O)CNC(=O)C(N)c1cccs1. The van der Waals surface area contributed by atoms with Gasteiger partial charge in [-0.1, -0.05) is 6.07 Å². The molecule has 0 aliphatic carbocycles. The number of hydrogen-bond acceptors (Lipinski definition) is 5. The summed E-state index contributed by atoms with van der Waals surface area (Å²) < 4.78 is 4.90. The molecule has 0 aromatic carbocycles. The van der Waals surface area contributed by atoms with E-state index in [2.05, 4.69) is 5.32 Å². The fourth-order valence-corrected chi connectivity index (χ4v) is 2.12. The average molecular weight is 272 g/mol. The third-order valence-electron chi connectivity index (χ3n) is 2.62. The average Bonchev–Trinajstić information content (AvgIpc) is 2.86. The first kappa shape index (κ1) is 15.1. The fraction of sp³-hybridized carbons (Fsp3) is 0.583. The molecule has 5 nitrogen and oxygen atoms in total. The van der Waals surface area contributed by atoms with E-state index in [0.717, 1.165) is 4.88 Å². The van der Waals surface area contributed by atoms with E-state index in [4.69, 9.17) is 10.5 Å². The second kappa shape index (κ2) is 6.84. The Hall–Kier alpha value is -0.950. The Bertz CT molecular complexity index is 365. The molecule has 4 N–H and O–H groups in total. The van der Waals surface area contributed by atoms with E-state index in [1.165, 1.54) is 11.3 Å². The highest BCUT2D eigenvalue weighted by atomic mass is 32.1. The van der Waals surface area contributed by atoms with Crippen molar-refractivity contribution in [2.24, 2.45) is 5.73 Å². The number of rotatable bonds is 7. The molecule has 2 atom stereocenters. The van der Waals surface area contributed by atoms with Crippen LogP contribution in [0.25, 0.3) is 0 Å². The van der Waals surface area contributed by atoms with Crippen molar-refractivity contribution in [2.45, 2.75) is 25.0 Å². The van der Waals surface area contributed by atoms with Gasteiger partial charge in [0.1, 0.15) is 6.04 Å². The number of methoxy groups -OCH3 is 1. The van der Waals surface area contributed by atoms with Crippen molar-refractivity contribution in [1.29, 1.82) is 0 Å². The van der Waals surface area contributed by atoms with E-state index in [9.17, 15) is 9.90 Å². The van der Waals surface area contributed by atoms with E-state index in [1.807, 2.05) is 17.5 Å². The van der Waals surface area contributed by atoms with Crippen LogP contribution in [0.5, 0.6) is 0 Å². The molecule has 0 saturated heterocycles. The van der Waals surface area contributed by atoms with Gasteiger partial charge in [0, 0.05) is 31.6 Å². The van der Waals surface area contributed by atoms with Gasteiger partial charge in [0.25, 0.3) is 0 Å². The zero-order chi connectivity index (χ0) is 13.6. The molecule has 0 bridgehead atoms. The van der Waals surface area contributed by atoms with Gasteiger partial charge in [-0.25, -0.2) is 0 Å². The maximum absolute atomic E-state index is 11.8. The van der Waals surface area contributed by atoms with Crippen molar-refractivity contribution in [3.63, 3.8) is 0 Å². The number of nitrogens with one attached hydrogen (secondary N) is 1. The first-order valence-electron chi connectivity index (χ1n) is 5.74. The highest BCUT2D eigenvalue weighted by Crippen LogP contribution is 2.17. The van der Waals surface area contributed by atoms with Crippen molar-refractivity contribution in [3.05, 3.63) is 22.4 Å². The summed E-state index contributed by atoms with van der Waals surface area (Å²) in [6, 6.07) is 2.99. The Balaban J connectivity index is 2.41. The molecule has 1 amide bonds. The van der Waals surface area contributed by atoms with Crippen LogP contribution in [0.15, 0.2) is 17.5 Å². The number of aliphatic hydroxyl groups is 1. The Morgan fingerprint density at radius 3 is 3.00 bits per heavy atom. The molecule has 1 rings (SSSR count). The predicted octanol–water partition coefficient (Wildman–Crippen LogP) is 0.652. The lowest BCUT2D eigenvalue weighted by Gasteiger charge is -2.24. The number of amides is 1. The second-order valence-electron chi connectivity index (χ2n) is 4.45. The van der Waals surface area contributed by atoms with E-state index < -0.39 is 11.6 Å². The number of carbonyl (C=O) groups is 1. The summed E-state index contributed by atoms with van der Waals surface area (Å²) in [5.41, 5.74) is 4.82. The molecule has 0 aliphatic rings. The van der Waals surface area contributed by atoms with Gasteiger partial charge in [-0.05, 0) is 18.4 Å². The standard InChI is InChI=1S/C12H20N2O3S/c1-12(16,5-6-17-2)8-14-11(15)10(13)9-4-3-7-18-9/h3-4,7,10,16H,5-6,8,13H2,1-2H3,(H,14,15). The molecule has 0 aliphatic heterocycles. The summed E-state index contributed by atoms with van der Waals surface area (Å²) >= 11 is 1.44. The van der Waals surface area contributed by atoms with Crippen molar-refractivity contribution >= 4 is 17.2 Å². The molecule has 0 fully saturated rings. The molecular weight excluding hydrogens is 252 g/mol. The molecule has 102 valence electrons. The van der Waals surface area contributed by atoms with Crippen LogP contribution in [0.1, 0.15) is 24.3 Å². The summed E-state index contributed by atoms with van der Waals surface area (Å²) in [7, 11) is 1.57. The molecule has 0 radical (unpaired) electrons. The Morgan fingerprint density at radius 1 is 1.72 bits per heavy atom. The first-order chi connectivity index (χ1) is 8.46. The third-order valence-corrected chi connectivity index (χ3v) is 3.58. The summed E-state index contributed by atoms with van der Waals surface area (Å²) in [4.78, 5) is 12.6. The van der Waals surface area contributed by atoms with Gasteiger partial charge < -0.3 is 20.9 Å². The molecule has 0 spiro atoms. The van der Waals surface area contributed by atoms with Crippen molar-refractivity contribution in [1.82, 2.24) is 5.32 Å². The van der Waals surface area contributed by atoms with E-state index in [0.29, 0.717) is 13.0 Å². The summed E-state index contributed by atoms with van der Waals surface area (Å²) in [6.07, 6.45) is 0.456. The number of nitrogens with two attached hydrogens (primary N) is 1. The summed E-state index contributed by atoms with van der Waals surface area (Å²) in [5, 5.41) is 14.5. The number of ether oxygens (including phenoxy) is 1. The topological polar surface area (TPSA) is 84.6 Å². The lowest BCUT2D eigenvalue weighted by atomic mass is 10.0.